The van der Waals surface area contributed by atoms with E-state index in [0.29, 0.717) is 12.1 Å². The third-order valence-electron chi connectivity index (χ3n) is 5.16. The van der Waals surface area contributed by atoms with Crippen LogP contribution in [0.15, 0.2) is 71.3 Å². The van der Waals surface area contributed by atoms with Crippen LogP contribution >= 0.6 is 0 Å². The lowest BCUT2D eigenvalue weighted by atomic mass is 9.99. The van der Waals surface area contributed by atoms with Crippen molar-refractivity contribution in [3.05, 3.63) is 89.4 Å². The number of furan rings is 1. The van der Waals surface area contributed by atoms with Crippen molar-refractivity contribution in [2.45, 2.75) is 26.5 Å². The Balaban J connectivity index is 1.64. The number of carbonyl (C=O) groups excluding carboxylic acids is 1. The van der Waals surface area contributed by atoms with E-state index < -0.39 is 11.8 Å². The number of hydrogen-bond acceptors (Lipinski definition) is 5. The molecule has 3 aromatic carbocycles. The fourth-order valence-electron chi connectivity index (χ4n) is 3.69. The number of rotatable bonds is 8. The van der Waals surface area contributed by atoms with Crippen LogP contribution in [0.25, 0.3) is 22.1 Å². The van der Waals surface area contributed by atoms with Gasteiger partial charge in [-0.05, 0) is 53.9 Å². The van der Waals surface area contributed by atoms with Crippen molar-refractivity contribution in [3.63, 3.8) is 0 Å². The van der Waals surface area contributed by atoms with E-state index in [2.05, 4.69) is 0 Å². The number of benzene rings is 3. The summed E-state index contributed by atoms with van der Waals surface area (Å²) in [5.41, 5.74) is 10.7. The number of esters is 1. The summed E-state index contributed by atoms with van der Waals surface area (Å²) in [6.45, 7) is 2.56. The van der Waals surface area contributed by atoms with E-state index >= 15 is 0 Å². The van der Waals surface area contributed by atoms with Crippen molar-refractivity contribution >= 4 is 16.9 Å². The molecule has 32 heavy (non-hydrogen) atoms. The predicted octanol–water partition coefficient (Wildman–Crippen LogP) is 5.38. The molecule has 0 spiro atoms. The molecule has 0 aliphatic carbocycles. The third-order valence-corrected chi connectivity index (χ3v) is 5.16. The van der Waals surface area contributed by atoms with E-state index in [0.717, 1.165) is 33.2 Å². The fraction of sp³-hybridized carbons (Fsp3) is 0.192. The van der Waals surface area contributed by atoms with Gasteiger partial charge >= 0.3 is 5.97 Å². The molecule has 6 heteroatoms. The molecule has 0 bridgehead atoms. The lowest BCUT2D eigenvalue weighted by Crippen LogP contribution is -2.10. The second-order valence-electron chi connectivity index (χ2n) is 7.39. The normalized spacial score (nSPS) is 11.0. The molecule has 0 saturated heterocycles. The number of halogens is 1. The van der Waals surface area contributed by atoms with Crippen molar-refractivity contribution in [2.75, 3.05) is 6.61 Å². The Bertz CT molecular complexity index is 1250. The molecule has 164 valence electrons. The summed E-state index contributed by atoms with van der Waals surface area (Å²) in [7, 11) is 0. The topological polar surface area (TPSA) is 74.7 Å². The SMILES string of the molecule is CCOC(=O)Cc1cccc(F)c1OCc1cc(-c2cccc(CN)c2)c2occc2c1. The summed E-state index contributed by atoms with van der Waals surface area (Å²) in [5.74, 6) is -0.892. The van der Waals surface area contributed by atoms with Gasteiger partial charge in [-0.1, -0.05) is 30.3 Å². The third kappa shape index (κ3) is 4.65. The molecular formula is C26H24FNO4. The number of nitrogens with two attached hydrogens (primary N) is 1. The zero-order valence-electron chi connectivity index (χ0n) is 17.8. The van der Waals surface area contributed by atoms with E-state index in [9.17, 15) is 9.18 Å². The van der Waals surface area contributed by atoms with Gasteiger partial charge in [-0.3, -0.25) is 4.79 Å². The fourth-order valence-corrected chi connectivity index (χ4v) is 3.69. The Morgan fingerprint density at radius 1 is 1.06 bits per heavy atom. The van der Waals surface area contributed by atoms with Crippen LogP contribution in [0.4, 0.5) is 4.39 Å². The quantitative estimate of drug-likeness (QED) is 0.378. The predicted molar refractivity (Wildman–Crippen MR) is 121 cm³/mol. The first-order chi connectivity index (χ1) is 15.6. The molecule has 0 aliphatic heterocycles. The van der Waals surface area contributed by atoms with Crippen LogP contribution in [0.2, 0.25) is 0 Å². The highest BCUT2D eigenvalue weighted by molar-refractivity contribution is 5.93. The number of ether oxygens (including phenoxy) is 2. The summed E-state index contributed by atoms with van der Waals surface area (Å²) in [6, 6.07) is 18.3. The molecular weight excluding hydrogens is 409 g/mol. The Kier molecular flexibility index (Phi) is 6.52. The number of fused-ring (bicyclic) bond motifs is 1. The molecule has 1 aromatic heterocycles. The van der Waals surface area contributed by atoms with Gasteiger partial charge in [-0.25, -0.2) is 4.39 Å². The van der Waals surface area contributed by atoms with Gasteiger partial charge < -0.3 is 19.6 Å². The summed E-state index contributed by atoms with van der Waals surface area (Å²) in [6.07, 6.45) is 1.58. The minimum absolute atomic E-state index is 0.0551. The largest absolute Gasteiger partial charge is 0.486 e. The summed E-state index contributed by atoms with van der Waals surface area (Å²) in [4.78, 5) is 11.9. The van der Waals surface area contributed by atoms with Gasteiger partial charge in [-0.2, -0.15) is 0 Å². The van der Waals surface area contributed by atoms with Crippen LogP contribution < -0.4 is 10.5 Å². The van der Waals surface area contributed by atoms with Gasteiger partial charge in [0.15, 0.2) is 11.6 Å². The smallest absolute Gasteiger partial charge is 0.310 e. The maximum atomic E-state index is 14.5. The first-order valence-corrected chi connectivity index (χ1v) is 10.4. The number of para-hydroxylation sites is 1. The minimum atomic E-state index is -0.521. The molecule has 4 aromatic rings. The lowest BCUT2D eigenvalue weighted by Gasteiger charge is -2.13. The van der Waals surface area contributed by atoms with E-state index in [1.807, 2.05) is 42.5 Å². The van der Waals surface area contributed by atoms with Crippen molar-refractivity contribution in [2.24, 2.45) is 5.73 Å². The highest BCUT2D eigenvalue weighted by Gasteiger charge is 2.16. The Morgan fingerprint density at radius 3 is 2.72 bits per heavy atom. The van der Waals surface area contributed by atoms with Crippen molar-refractivity contribution in [1.29, 1.82) is 0 Å². The molecule has 0 saturated carbocycles. The summed E-state index contributed by atoms with van der Waals surface area (Å²) < 4.78 is 31.1. The molecule has 0 fully saturated rings. The molecule has 0 atom stereocenters. The second kappa shape index (κ2) is 9.66. The Hall–Kier alpha value is -3.64. The second-order valence-corrected chi connectivity index (χ2v) is 7.39. The first kappa shape index (κ1) is 21.6. The molecule has 5 nitrogen and oxygen atoms in total. The van der Waals surface area contributed by atoms with Crippen molar-refractivity contribution in [3.8, 4) is 16.9 Å². The van der Waals surface area contributed by atoms with Gasteiger partial charge in [-0.15, -0.1) is 0 Å². The number of carbonyl (C=O) groups is 1. The molecule has 4 rings (SSSR count). The van der Waals surface area contributed by atoms with Crippen molar-refractivity contribution in [1.82, 2.24) is 0 Å². The first-order valence-electron chi connectivity index (χ1n) is 10.4. The van der Waals surface area contributed by atoms with E-state index in [1.54, 1.807) is 25.3 Å². The standard InChI is InChI=1S/C26H24FNO4/c1-2-30-24(29)14-20-7-4-8-23(27)26(20)32-16-18-12-21-9-10-31-25(21)22(13-18)19-6-3-5-17(11-19)15-28/h3-13H,2,14-16,28H2,1H3. The monoisotopic (exact) mass is 433 g/mol. The highest BCUT2D eigenvalue weighted by Crippen LogP contribution is 2.32. The Labute approximate surface area is 185 Å². The van der Waals surface area contributed by atoms with E-state index in [-0.39, 0.29) is 25.4 Å². The van der Waals surface area contributed by atoms with Crippen LogP contribution in [0, 0.1) is 5.82 Å². The van der Waals surface area contributed by atoms with Crippen LogP contribution in [0.5, 0.6) is 5.75 Å². The van der Waals surface area contributed by atoms with Gasteiger partial charge in [0.25, 0.3) is 0 Å². The molecule has 1 heterocycles. The summed E-state index contributed by atoms with van der Waals surface area (Å²) >= 11 is 0. The van der Waals surface area contributed by atoms with Gasteiger partial charge in [0.1, 0.15) is 12.2 Å². The van der Waals surface area contributed by atoms with Gasteiger partial charge in [0.2, 0.25) is 0 Å². The number of hydrogen-bond donors (Lipinski definition) is 1. The molecule has 0 aliphatic rings. The van der Waals surface area contributed by atoms with Crippen molar-refractivity contribution < 1.29 is 23.1 Å². The van der Waals surface area contributed by atoms with Crippen LogP contribution in [0.3, 0.4) is 0 Å². The van der Waals surface area contributed by atoms with Gasteiger partial charge in [0, 0.05) is 23.1 Å². The minimum Gasteiger partial charge on any atom is -0.486 e. The molecule has 2 N–H and O–H groups in total. The molecule has 0 radical (unpaired) electrons. The van der Waals surface area contributed by atoms with Gasteiger partial charge in [0.05, 0.1) is 19.3 Å². The van der Waals surface area contributed by atoms with Crippen LogP contribution in [-0.4, -0.2) is 12.6 Å². The van der Waals surface area contributed by atoms with E-state index in [1.165, 1.54) is 6.07 Å². The van der Waals surface area contributed by atoms with Crippen LogP contribution in [0.1, 0.15) is 23.6 Å². The Morgan fingerprint density at radius 2 is 1.91 bits per heavy atom. The highest BCUT2D eigenvalue weighted by atomic mass is 19.1. The molecule has 0 unspecified atom stereocenters. The average Bonchev–Trinajstić information content (AvgIpc) is 3.27. The zero-order valence-corrected chi connectivity index (χ0v) is 17.8. The van der Waals surface area contributed by atoms with E-state index in [4.69, 9.17) is 19.6 Å². The molecule has 0 amide bonds. The van der Waals surface area contributed by atoms with Crippen LogP contribution in [-0.2, 0) is 29.1 Å². The summed E-state index contributed by atoms with van der Waals surface area (Å²) in [5, 5.41) is 0.916. The lowest BCUT2D eigenvalue weighted by molar-refractivity contribution is -0.142. The zero-order chi connectivity index (χ0) is 22.5. The average molecular weight is 433 g/mol. The maximum absolute atomic E-state index is 14.5. The maximum Gasteiger partial charge on any atom is 0.310 e.